The molecule has 2 amide bonds. The van der Waals surface area contributed by atoms with Crippen LogP contribution < -0.4 is 5.32 Å². The Morgan fingerprint density at radius 3 is 2.75 bits per heavy atom. The number of carbonyl (C=O) groups is 2. The second-order valence-electron chi connectivity index (χ2n) is 7.44. The van der Waals surface area contributed by atoms with Gasteiger partial charge in [-0.2, -0.15) is 0 Å². The summed E-state index contributed by atoms with van der Waals surface area (Å²) in [6.07, 6.45) is 0.707. The van der Waals surface area contributed by atoms with E-state index < -0.39 is 0 Å². The molecule has 2 saturated heterocycles. The summed E-state index contributed by atoms with van der Waals surface area (Å²) in [5, 5.41) is 9.16. The van der Waals surface area contributed by atoms with Crippen molar-refractivity contribution in [1.29, 1.82) is 0 Å². The van der Waals surface area contributed by atoms with Crippen molar-refractivity contribution in [2.75, 3.05) is 32.7 Å². The molecule has 4 rings (SSSR count). The van der Waals surface area contributed by atoms with Crippen LogP contribution in [0.2, 0.25) is 0 Å². The quantitative estimate of drug-likeness (QED) is 0.824. The third kappa shape index (κ3) is 3.79. The van der Waals surface area contributed by atoms with Crippen molar-refractivity contribution < 1.29 is 9.59 Å². The first-order valence-corrected chi connectivity index (χ1v) is 10.6. The van der Waals surface area contributed by atoms with E-state index in [4.69, 9.17) is 0 Å². The third-order valence-corrected chi connectivity index (χ3v) is 6.35. The molecular formula is C20H25N5O2S. The molecule has 0 spiro atoms. The highest BCUT2D eigenvalue weighted by molar-refractivity contribution is 7.03. The van der Waals surface area contributed by atoms with Crippen molar-refractivity contribution in [3.8, 4) is 0 Å². The van der Waals surface area contributed by atoms with Gasteiger partial charge in [0.05, 0.1) is 18.3 Å². The number of nitrogens with one attached hydrogen (secondary N) is 1. The first-order chi connectivity index (χ1) is 13.7. The van der Waals surface area contributed by atoms with Crippen molar-refractivity contribution in [3.05, 3.63) is 47.0 Å². The van der Waals surface area contributed by atoms with Crippen LogP contribution in [0.4, 0.5) is 0 Å². The zero-order valence-corrected chi connectivity index (χ0v) is 16.8. The number of amides is 2. The van der Waals surface area contributed by atoms with E-state index in [1.165, 1.54) is 17.1 Å². The molecule has 2 aliphatic rings. The SMILES string of the molecule is CC[C@H]1C(=O)NCCN1CC(=O)N1C[C@@H](c2ccccc2)[C@H](c2csnn2)C1. The molecule has 7 nitrogen and oxygen atoms in total. The fraction of sp³-hybridized carbons (Fsp3) is 0.500. The van der Waals surface area contributed by atoms with E-state index in [-0.39, 0.29) is 36.2 Å². The van der Waals surface area contributed by atoms with Crippen LogP contribution in [0.15, 0.2) is 35.7 Å². The molecule has 2 aromatic rings. The lowest BCUT2D eigenvalue weighted by molar-refractivity contribution is -0.136. The second-order valence-corrected chi connectivity index (χ2v) is 8.05. The van der Waals surface area contributed by atoms with E-state index in [2.05, 4.69) is 27.0 Å². The average molecular weight is 400 g/mol. The van der Waals surface area contributed by atoms with Crippen molar-refractivity contribution in [2.45, 2.75) is 31.2 Å². The number of benzene rings is 1. The van der Waals surface area contributed by atoms with Crippen LogP contribution in [0.3, 0.4) is 0 Å². The monoisotopic (exact) mass is 399 g/mol. The average Bonchev–Trinajstić information content (AvgIpc) is 3.38. The van der Waals surface area contributed by atoms with Crippen LogP contribution >= 0.6 is 11.5 Å². The molecule has 0 saturated carbocycles. The summed E-state index contributed by atoms with van der Waals surface area (Å²) in [6.45, 7) is 4.89. The predicted molar refractivity (Wildman–Crippen MR) is 107 cm³/mol. The van der Waals surface area contributed by atoms with Gasteiger partial charge in [0.15, 0.2) is 0 Å². The molecule has 1 aromatic carbocycles. The third-order valence-electron chi connectivity index (χ3n) is 5.82. The first-order valence-electron chi connectivity index (χ1n) is 9.78. The molecule has 2 aliphatic heterocycles. The maximum atomic E-state index is 13.1. The van der Waals surface area contributed by atoms with E-state index in [1.807, 2.05) is 40.3 Å². The molecule has 3 atom stereocenters. The molecule has 1 N–H and O–H groups in total. The Morgan fingerprint density at radius 1 is 1.25 bits per heavy atom. The predicted octanol–water partition coefficient (Wildman–Crippen LogP) is 1.46. The number of carbonyl (C=O) groups excluding carboxylic acids is 2. The van der Waals surface area contributed by atoms with E-state index in [0.717, 1.165) is 5.69 Å². The standard InChI is InChI=1S/C20H25N5O2S/c1-2-18-20(27)21-8-9-24(18)12-19(26)25-10-15(14-6-4-3-5-7-14)16(11-25)17-13-28-23-22-17/h3-7,13,15-16,18H,2,8-12H2,1H3,(H,21,27)/t15-,16+,18-/m0/s1. The summed E-state index contributed by atoms with van der Waals surface area (Å²) in [5.74, 6) is 0.466. The number of hydrogen-bond donors (Lipinski definition) is 1. The van der Waals surface area contributed by atoms with Gasteiger partial charge >= 0.3 is 0 Å². The van der Waals surface area contributed by atoms with Gasteiger partial charge in [0, 0.05) is 43.4 Å². The van der Waals surface area contributed by atoms with Gasteiger partial charge < -0.3 is 10.2 Å². The molecule has 8 heteroatoms. The molecular weight excluding hydrogens is 374 g/mol. The minimum atomic E-state index is -0.219. The molecule has 3 heterocycles. The van der Waals surface area contributed by atoms with Crippen LogP contribution in [0.5, 0.6) is 0 Å². The number of nitrogens with zero attached hydrogens (tertiary/aromatic N) is 4. The van der Waals surface area contributed by atoms with E-state index in [1.54, 1.807) is 0 Å². The largest absolute Gasteiger partial charge is 0.353 e. The smallest absolute Gasteiger partial charge is 0.237 e. The second kappa shape index (κ2) is 8.36. The van der Waals surface area contributed by atoms with Gasteiger partial charge in [-0.25, -0.2) is 0 Å². The summed E-state index contributed by atoms with van der Waals surface area (Å²) in [4.78, 5) is 29.1. The van der Waals surface area contributed by atoms with Crippen LogP contribution in [0.1, 0.15) is 36.4 Å². The van der Waals surface area contributed by atoms with Gasteiger partial charge in [-0.3, -0.25) is 14.5 Å². The lowest BCUT2D eigenvalue weighted by Crippen LogP contribution is -2.57. The maximum Gasteiger partial charge on any atom is 0.237 e. The highest BCUT2D eigenvalue weighted by Crippen LogP contribution is 2.39. The number of likely N-dealkylation sites (tertiary alicyclic amines) is 1. The topological polar surface area (TPSA) is 78.4 Å². The Kier molecular flexibility index (Phi) is 5.68. The summed E-state index contributed by atoms with van der Waals surface area (Å²) in [5.41, 5.74) is 2.18. The number of rotatable bonds is 5. The lowest BCUT2D eigenvalue weighted by Gasteiger charge is -2.34. The molecule has 0 aliphatic carbocycles. The van der Waals surface area contributed by atoms with Crippen LogP contribution in [0, 0.1) is 0 Å². The van der Waals surface area contributed by atoms with Crippen molar-refractivity contribution in [3.63, 3.8) is 0 Å². The lowest BCUT2D eigenvalue weighted by atomic mass is 9.87. The Hall–Kier alpha value is -2.32. The Labute approximate surface area is 168 Å². The summed E-state index contributed by atoms with van der Waals surface area (Å²) in [7, 11) is 0. The summed E-state index contributed by atoms with van der Waals surface area (Å²) >= 11 is 1.35. The molecule has 2 fully saturated rings. The maximum absolute atomic E-state index is 13.1. The number of piperazine rings is 1. The Morgan fingerprint density at radius 2 is 2.04 bits per heavy atom. The summed E-state index contributed by atoms with van der Waals surface area (Å²) in [6, 6.07) is 10.1. The van der Waals surface area contributed by atoms with Gasteiger partial charge in [0.2, 0.25) is 11.8 Å². The van der Waals surface area contributed by atoms with Crippen LogP contribution in [-0.2, 0) is 9.59 Å². The van der Waals surface area contributed by atoms with Gasteiger partial charge in [-0.15, -0.1) is 5.10 Å². The number of hydrogen-bond acceptors (Lipinski definition) is 6. The number of aromatic nitrogens is 2. The fourth-order valence-electron chi connectivity index (χ4n) is 4.35. The first kappa shape index (κ1) is 19.0. The zero-order chi connectivity index (χ0) is 19.5. The Bertz CT molecular complexity index is 813. The Balaban J connectivity index is 1.50. The van der Waals surface area contributed by atoms with Gasteiger partial charge in [0.1, 0.15) is 0 Å². The molecule has 28 heavy (non-hydrogen) atoms. The van der Waals surface area contributed by atoms with Gasteiger partial charge in [-0.05, 0) is 23.5 Å². The van der Waals surface area contributed by atoms with E-state index >= 15 is 0 Å². The zero-order valence-electron chi connectivity index (χ0n) is 16.0. The molecule has 148 valence electrons. The van der Waals surface area contributed by atoms with E-state index in [0.29, 0.717) is 32.6 Å². The highest BCUT2D eigenvalue weighted by atomic mass is 32.1. The summed E-state index contributed by atoms with van der Waals surface area (Å²) < 4.78 is 4.02. The minimum absolute atomic E-state index is 0.0246. The normalized spacial score (nSPS) is 25.7. The fourth-order valence-corrected chi connectivity index (χ4v) is 4.87. The van der Waals surface area contributed by atoms with Gasteiger partial charge in [0.25, 0.3) is 0 Å². The van der Waals surface area contributed by atoms with Crippen LogP contribution in [0.25, 0.3) is 0 Å². The van der Waals surface area contributed by atoms with Crippen molar-refractivity contribution in [2.24, 2.45) is 0 Å². The van der Waals surface area contributed by atoms with Crippen molar-refractivity contribution in [1.82, 2.24) is 24.7 Å². The molecule has 1 aromatic heterocycles. The molecule has 0 unspecified atom stereocenters. The molecule has 0 radical (unpaired) electrons. The van der Waals surface area contributed by atoms with E-state index in [9.17, 15) is 9.59 Å². The highest BCUT2D eigenvalue weighted by Gasteiger charge is 2.39. The van der Waals surface area contributed by atoms with Crippen molar-refractivity contribution >= 4 is 23.3 Å². The molecule has 0 bridgehead atoms. The van der Waals surface area contributed by atoms with Crippen LogP contribution in [-0.4, -0.2) is 70.0 Å². The van der Waals surface area contributed by atoms with Gasteiger partial charge in [-0.1, -0.05) is 41.7 Å². The minimum Gasteiger partial charge on any atom is -0.353 e.